The summed E-state index contributed by atoms with van der Waals surface area (Å²) in [6.45, 7) is 6.46. The van der Waals surface area contributed by atoms with Crippen LogP contribution in [0.15, 0.2) is 24.3 Å². The lowest BCUT2D eigenvalue weighted by molar-refractivity contribution is -0.0111. The Morgan fingerprint density at radius 3 is 2.85 bits per heavy atom. The average molecular weight is 280 g/mol. The molecule has 0 aliphatic carbocycles. The molecule has 112 valence electrons. The predicted octanol–water partition coefficient (Wildman–Crippen LogP) is 2.71. The van der Waals surface area contributed by atoms with E-state index in [4.69, 9.17) is 10.5 Å². The number of likely N-dealkylation sites (tertiary alicyclic amines) is 1. The smallest absolute Gasteiger partial charge is 0.128 e. The van der Waals surface area contributed by atoms with Gasteiger partial charge in [0.15, 0.2) is 0 Å². The number of hydrogen-bond donors (Lipinski definition) is 1. The van der Waals surface area contributed by atoms with Gasteiger partial charge in [-0.3, -0.25) is 4.90 Å². The lowest BCUT2D eigenvalue weighted by Crippen LogP contribution is -2.47. The fraction of sp³-hybridized carbons (Fsp3) is 0.625. The molecule has 1 aliphatic rings. The minimum Gasteiger partial charge on any atom is -0.377 e. The van der Waals surface area contributed by atoms with Crippen LogP contribution in [0.1, 0.15) is 38.3 Å². The van der Waals surface area contributed by atoms with E-state index in [1.807, 2.05) is 26.0 Å². The van der Waals surface area contributed by atoms with Gasteiger partial charge in [0, 0.05) is 24.8 Å². The summed E-state index contributed by atoms with van der Waals surface area (Å²) >= 11 is 0. The van der Waals surface area contributed by atoms with Crippen LogP contribution in [0.2, 0.25) is 0 Å². The first-order valence-electron chi connectivity index (χ1n) is 7.49. The number of ether oxygens (including phenoxy) is 1. The molecule has 0 bridgehead atoms. The summed E-state index contributed by atoms with van der Waals surface area (Å²) in [5.41, 5.74) is 6.83. The highest BCUT2D eigenvalue weighted by Gasteiger charge is 2.30. The molecule has 1 aliphatic heterocycles. The summed E-state index contributed by atoms with van der Waals surface area (Å²) in [5.74, 6) is -0.173. The number of hydrogen-bond acceptors (Lipinski definition) is 3. The molecule has 2 rings (SSSR count). The highest BCUT2D eigenvalue weighted by molar-refractivity contribution is 5.23. The zero-order valence-corrected chi connectivity index (χ0v) is 12.4. The van der Waals surface area contributed by atoms with Gasteiger partial charge in [-0.2, -0.15) is 0 Å². The molecular weight excluding hydrogens is 255 g/mol. The molecule has 0 spiro atoms. The van der Waals surface area contributed by atoms with E-state index in [2.05, 4.69) is 4.90 Å². The Bertz CT molecular complexity index is 423. The lowest BCUT2D eigenvalue weighted by Gasteiger charge is -2.40. The average Bonchev–Trinajstić information content (AvgIpc) is 2.42. The van der Waals surface area contributed by atoms with Gasteiger partial charge in [-0.05, 0) is 39.3 Å². The van der Waals surface area contributed by atoms with Crippen molar-refractivity contribution in [3.63, 3.8) is 0 Å². The first kappa shape index (κ1) is 15.4. The molecule has 1 fully saturated rings. The van der Waals surface area contributed by atoms with Crippen molar-refractivity contribution in [2.24, 2.45) is 5.73 Å². The largest absolute Gasteiger partial charge is 0.377 e. The predicted molar refractivity (Wildman–Crippen MR) is 79.0 cm³/mol. The Morgan fingerprint density at radius 2 is 2.20 bits per heavy atom. The highest BCUT2D eigenvalue weighted by Crippen LogP contribution is 2.29. The summed E-state index contributed by atoms with van der Waals surface area (Å²) in [6.07, 6.45) is 2.39. The van der Waals surface area contributed by atoms with Crippen molar-refractivity contribution in [1.82, 2.24) is 4.90 Å². The Morgan fingerprint density at radius 1 is 1.45 bits per heavy atom. The number of halogens is 1. The molecule has 3 nitrogen and oxygen atoms in total. The summed E-state index contributed by atoms with van der Waals surface area (Å²) in [7, 11) is 0. The van der Waals surface area contributed by atoms with Gasteiger partial charge < -0.3 is 10.5 Å². The summed E-state index contributed by atoms with van der Waals surface area (Å²) in [4.78, 5) is 2.27. The molecule has 3 atom stereocenters. The first-order chi connectivity index (χ1) is 9.63. The minimum absolute atomic E-state index is 0.0838. The van der Waals surface area contributed by atoms with Gasteiger partial charge >= 0.3 is 0 Å². The fourth-order valence-corrected chi connectivity index (χ4v) is 3.12. The molecule has 1 aromatic rings. The Labute approximate surface area is 120 Å². The van der Waals surface area contributed by atoms with Gasteiger partial charge in [-0.1, -0.05) is 18.2 Å². The third-order valence-electron chi connectivity index (χ3n) is 3.93. The molecule has 0 aromatic heterocycles. The standard InChI is InChI=1S/C16H25FN2O/c1-3-20-13-7-6-10-19(11-13)16(12(2)18)14-8-4-5-9-15(14)17/h4-5,8-9,12-13,16H,3,6-7,10-11,18H2,1-2H3. The van der Waals surface area contributed by atoms with Crippen molar-refractivity contribution < 1.29 is 9.13 Å². The van der Waals surface area contributed by atoms with Gasteiger partial charge in [-0.25, -0.2) is 4.39 Å². The molecule has 3 unspecified atom stereocenters. The van der Waals surface area contributed by atoms with Crippen molar-refractivity contribution in [2.75, 3.05) is 19.7 Å². The summed E-state index contributed by atoms with van der Waals surface area (Å²) in [5, 5.41) is 0. The van der Waals surface area contributed by atoms with E-state index in [0.29, 0.717) is 5.56 Å². The van der Waals surface area contributed by atoms with E-state index in [1.165, 1.54) is 6.07 Å². The van der Waals surface area contributed by atoms with Crippen LogP contribution in [-0.4, -0.2) is 36.7 Å². The minimum atomic E-state index is -0.173. The van der Waals surface area contributed by atoms with Crippen LogP contribution in [0.4, 0.5) is 4.39 Å². The van der Waals surface area contributed by atoms with Crippen molar-refractivity contribution >= 4 is 0 Å². The number of nitrogens with zero attached hydrogens (tertiary/aromatic N) is 1. The normalized spacial score (nSPS) is 23.5. The fourth-order valence-electron chi connectivity index (χ4n) is 3.12. The van der Waals surface area contributed by atoms with E-state index in [1.54, 1.807) is 6.07 Å². The first-order valence-corrected chi connectivity index (χ1v) is 7.49. The van der Waals surface area contributed by atoms with Crippen LogP contribution in [0.25, 0.3) is 0 Å². The number of benzene rings is 1. The molecule has 2 N–H and O–H groups in total. The second-order valence-corrected chi connectivity index (χ2v) is 5.54. The van der Waals surface area contributed by atoms with Crippen molar-refractivity contribution in [2.45, 2.75) is 44.9 Å². The van der Waals surface area contributed by atoms with E-state index >= 15 is 0 Å². The molecule has 4 heteroatoms. The van der Waals surface area contributed by atoms with E-state index in [9.17, 15) is 4.39 Å². The maximum atomic E-state index is 14.1. The van der Waals surface area contributed by atoms with Crippen LogP contribution < -0.4 is 5.73 Å². The molecule has 0 radical (unpaired) electrons. The van der Waals surface area contributed by atoms with Crippen molar-refractivity contribution in [1.29, 1.82) is 0 Å². The van der Waals surface area contributed by atoms with Gasteiger partial charge in [0.1, 0.15) is 5.82 Å². The summed E-state index contributed by atoms with van der Waals surface area (Å²) in [6, 6.07) is 6.74. The quantitative estimate of drug-likeness (QED) is 0.901. The monoisotopic (exact) mass is 280 g/mol. The third kappa shape index (κ3) is 3.57. The van der Waals surface area contributed by atoms with Gasteiger partial charge in [0.25, 0.3) is 0 Å². The van der Waals surface area contributed by atoms with Crippen LogP contribution in [0.5, 0.6) is 0 Å². The van der Waals surface area contributed by atoms with Crippen molar-refractivity contribution in [3.8, 4) is 0 Å². The number of rotatable bonds is 5. The molecule has 1 saturated heterocycles. The maximum absolute atomic E-state index is 14.1. The second kappa shape index (κ2) is 7.16. The van der Waals surface area contributed by atoms with E-state index in [0.717, 1.165) is 32.5 Å². The zero-order valence-electron chi connectivity index (χ0n) is 12.4. The van der Waals surface area contributed by atoms with Crippen LogP contribution >= 0.6 is 0 Å². The molecule has 0 saturated carbocycles. The Balaban J connectivity index is 2.18. The highest BCUT2D eigenvalue weighted by atomic mass is 19.1. The van der Waals surface area contributed by atoms with E-state index < -0.39 is 0 Å². The Kier molecular flexibility index (Phi) is 5.52. The van der Waals surface area contributed by atoms with Gasteiger partial charge in [0.2, 0.25) is 0 Å². The number of nitrogens with two attached hydrogens (primary N) is 1. The lowest BCUT2D eigenvalue weighted by atomic mass is 9.95. The van der Waals surface area contributed by atoms with E-state index in [-0.39, 0.29) is 24.0 Å². The topological polar surface area (TPSA) is 38.5 Å². The molecular formula is C16H25FN2O. The molecule has 1 heterocycles. The van der Waals surface area contributed by atoms with Gasteiger partial charge in [-0.15, -0.1) is 0 Å². The zero-order chi connectivity index (χ0) is 14.5. The second-order valence-electron chi connectivity index (χ2n) is 5.54. The number of piperidine rings is 1. The SMILES string of the molecule is CCOC1CCCN(C(c2ccccc2F)C(C)N)C1. The maximum Gasteiger partial charge on any atom is 0.128 e. The molecule has 1 aromatic carbocycles. The van der Waals surface area contributed by atoms with Crippen LogP contribution in [0.3, 0.4) is 0 Å². The van der Waals surface area contributed by atoms with Crippen molar-refractivity contribution in [3.05, 3.63) is 35.6 Å². The molecule has 20 heavy (non-hydrogen) atoms. The summed E-state index contributed by atoms with van der Waals surface area (Å²) < 4.78 is 19.8. The molecule has 0 amide bonds. The Hall–Kier alpha value is -0.970. The van der Waals surface area contributed by atoms with Crippen LogP contribution in [-0.2, 0) is 4.74 Å². The third-order valence-corrected chi connectivity index (χ3v) is 3.93. The van der Waals surface area contributed by atoms with Gasteiger partial charge in [0.05, 0.1) is 12.1 Å². The van der Waals surface area contributed by atoms with Crippen LogP contribution in [0, 0.1) is 5.82 Å².